The van der Waals surface area contributed by atoms with E-state index in [4.69, 9.17) is 30.0 Å². The average molecular weight is 213 g/mol. The molecule has 0 aliphatic carbocycles. The minimum absolute atomic E-state index is 1.17. The van der Waals surface area contributed by atoms with Crippen molar-refractivity contribution in [3.63, 3.8) is 0 Å². The molecule has 1 heterocycles. The van der Waals surface area contributed by atoms with E-state index in [-0.39, 0.29) is 0 Å². The molecule has 7 nitrogen and oxygen atoms in total. The molecule has 0 amide bonds. The summed E-state index contributed by atoms with van der Waals surface area (Å²) in [4.78, 5) is 17.1. The predicted molar refractivity (Wildman–Crippen MR) is 46.6 cm³/mol. The topological polar surface area (TPSA) is 127 Å². The third-order valence-corrected chi connectivity index (χ3v) is 1.53. The fourth-order valence-corrected chi connectivity index (χ4v) is 1.08. The second-order valence-corrected chi connectivity index (χ2v) is 2.72. The minimum atomic E-state index is -1.83. The zero-order valence-electron chi connectivity index (χ0n) is 6.63. The lowest BCUT2D eigenvalue weighted by Crippen LogP contribution is -2.04. The van der Waals surface area contributed by atoms with Crippen molar-refractivity contribution in [2.24, 2.45) is 0 Å². The summed E-state index contributed by atoms with van der Waals surface area (Å²) in [6.07, 6.45) is -3.67. The Morgan fingerprint density at radius 2 is 1.46 bits per heavy atom. The van der Waals surface area contributed by atoms with Crippen LogP contribution in [0.4, 0.5) is 9.59 Å². The van der Waals surface area contributed by atoms with Crippen molar-refractivity contribution in [2.75, 3.05) is 18.2 Å². The summed E-state index contributed by atoms with van der Waals surface area (Å²) in [7, 11) is 0. The first-order valence-electron chi connectivity index (χ1n) is 3.09. The maximum atomic E-state index is 8.56. The number of rotatable bonds is 0. The summed E-state index contributed by atoms with van der Waals surface area (Å²) in [6.45, 7) is 1.21. The molecule has 13 heavy (non-hydrogen) atoms. The molecule has 0 aromatic carbocycles. The Hall–Kier alpha value is -1.15. The van der Waals surface area contributed by atoms with Crippen molar-refractivity contribution < 1.29 is 30.0 Å². The van der Waals surface area contributed by atoms with Crippen molar-refractivity contribution in [1.29, 1.82) is 0 Å². The van der Waals surface area contributed by atoms with Crippen LogP contribution in [-0.2, 0) is 0 Å². The third kappa shape index (κ3) is 57.3. The van der Waals surface area contributed by atoms with Crippen LogP contribution in [0.1, 0.15) is 0 Å². The van der Waals surface area contributed by atoms with Crippen LogP contribution < -0.4 is 5.32 Å². The summed E-state index contributed by atoms with van der Waals surface area (Å²) in [5.41, 5.74) is 0. The standard InChI is InChI=1S/C3H7NS.2CH2O3/c1-2-5-3-4-1;2*2-1(3)4/h4H,1-3H2;2*(H2,2,3,4). The molecule has 1 fully saturated rings. The normalized spacial score (nSPS) is 12.9. The molecule has 0 unspecified atom stereocenters. The van der Waals surface area contributed by atoms with Gasteiger partial charge in [0.2, 0.25) is 0 Å². The second-order valence-electron chi connectivity index (χ2n) is 1.62. The first-order valence-corrected chi connectivity index (χ1v) is 4.24. The zero-order valence-corrected chi connectivity index (χ0v) is 7.45. The molecule has 0 saturated carbocycles. The SMILES string of the molecule is C1CSCN1.O=C(O)O.O=C(O)O. The quantitative estimate of drug-likeness (QED) is 0.398. The van der Waals surface area contributed by atoms with E-state index in [0.717, 1.165) is 0 Å². The number of thioether (sulfide) groups is 1. The van der Waals surface area contributed by atoms with Gasteiger partial charge >= 0.3 is 12.3 Å². The molecule has 0 spiro atoms. The molecule has 0 radical (unpaired) electrons. The summed E-state index contributed by atoms with van der Waals surface area (Å²) in [5.74, 6) is 2.47. The summed E-state index contributed by atoms with van der Waals surface area (Å²) < 4.78 is 0. The fourth-order valence-electron chi connectivity index (χ4n) is 0.361. The van der Waals surface area contributed by atoms with E-state index >= 15 is 0 Å². The van der Waals surface area contributed by atoms with Crippen LogP contribution in [0, 0.1) is 0 Å². The van der Waals surface area contributed by atoms with Gasteiger partial charge in [0, 0.05) is 18.2 Å². The van der Waals surface area contributed by atoms with Crippen LogP contribution >= 0.6 is 11.8 Å². The maximum Gasteiger partial charge on any atom is 0.503 e. The third-order valence-electron chi connectivity index (χ3n) is 0.627. The van der Waals surface area contributed by atoms with Crippen LogP contribution in [0.2, 0.25) is 0 Å². The second kappa shape index (κ2) is 10.8. The molecular weight excluding hydrogens is 202 g/mol. The summed E-state index contributed by atoms with van der Waals surface area (Å²) in [6, 6.07) is 0. The number of hydrogen-bond acceptors (Lipinski definition) is 4. The highest BCUT2D eigenvalue weighted by atomic mass is 32.2. The summed E-state index contributed by atoms with van der Waals surface area (Å²) >= 11 is 1.96. The molecule has 8 heteroatoms. The maximum absolute atomic E-state index is 8.56. The monoisotopic (exact) mass is 213 g/mol. The molecule has 0 atom stereocenters. The highest BCUT2D eigenvalue weighted by Gasteiger charge is 1.93. The van der Waals surface area contributed by atoms with Crippen molar-refractivity contribution in [3.05, 3.63) is 0 Å². The molecular formula is C5H11NO6S. The number of carbonyl (C=O) groups is 2. The van der Waals surface area contributed by atoms with Gasteiger partial charge in [-0.15, -0.1) is 11.8 Å². The van der Waals surface area contributed by atoms with Gasteiger partial charge in [-0.2, -0.15) is 0 Å². The summed E-state index contributed by atoms with van der Waals surface area (Å²) in [5, 5.41) is 31.1. The van der Waals surface area contributed by atoms with E-state index in [2.05, 4.69) is 5.32 Å². The Morgan fingerprint density at radius 3 is 1.54 bits per heavy atom. The molecule has 78 valence electrons. The Kier molecular flexibility index (Phi) is 12.0. The van der Waals surface area contributed by atoms with Crippen molar-refractivity contribution in [3.8, 4) is 0 Å². The van der Waals surface area contributed by atoms with E-state index in [0.29, 0.717) is 0 Å². The van der Waals surface area contributed by atoms with Crippen molar-refractivity contribution in [1.82, 2.24) is 5.32 Å². The Morgan fingerprint density at radius 1 is 1.08 bits per heavy atom. The first kappa shape index (κ1) is 14.4. The minimum Gasteiger partial charge on any atom is -0.450 e. The fraction of sp³-hybridized carbons (Fsp3) is 0.600. The smallest absolute Gasteiger partial charge is 0.450 e. The van der Waals surface area contributed by atoms with Gasteiger partial charge < -0.3 is 25.7 Å². The highest BCUT2D eigenvalue weighted by Crippen LogP contribution is 1.99. The lowest BCUT2D eigenvalue weighted by Gasteiger charge is -1.74. The lowest BCUT2D eigenvalue weighted by molar-refractivity contribution is 0.135. The van der Waals surface area contributed by atoms with Gasteiger partial charge in [-0.05, 0) is 0 Å². The number of hydrogen-bond donors (Lipinski definition) is 5. The lowest BCUT2D eigenvalue weighted by atomic mass is 10.8. The van der Waals surface area contributed by atoms with Crippen LogP contribution in [0.3, 0.4) is 0 Å². The van der Waals surface area contributed by atoms with Gasteiger partial charge in [0.05, 0.1) is 0 Å². The molecule has 0 bridgehead atoms. The highest BCUT2D eigenvalue weighted by molar-refractivity contribution is 7.99. The first-order chi connectivity index (χ1) is 5.96. The van der Waals surface area contributed by atoms with Gasteiger partial charge in [0.15, 0.2) is 0 Å². The van der Waals surface area contributed by atoms with Crippen LogP contribution in [0.15, 0.2) is 0 Å². The van der Waals surface area contributed by atoms with E-state index in [1.165, 1.54) is 18.2 Å². The molecule has 1 rings (SSSR count). The molecule has 1 aliphatic rings. The molecule has 5 N–H and O–H groups in total. The van der Waals surface area contributed by atoms with Gasteiger partial charge in [-0.1, -0.05) is 0 Å². The van der Waals surface area contributed by atoms with E-state index < -0.39 is 12.3 Å². The molecule has 1 saturated heterocycles. The van der Waals surface area contributed by atoms with Crippen LogP contribution in [-0.4, -0.2) is 50.9 Å². The molecule has 1 aliphatic heterocycles. The van der Waals surface area contributed by atoms with E-state index in [9.17, 15) is 0 Å². The van der Waals surface area contributed by atoms with Gasteiger partial charge in [-0.3, -0.25) is 0 Å². The van der Waals surface area contributed by atoms with Crippen LogP contribution in [0.25, 0.3) is 0 Å². The largest absolute Gasteiger partial charge is 0.503 e. The molecule has 0 aromatic rings. The molecule has 0 aromatic heterocycles. The van der Waals surface area contributed by atoms with Crippen molar-refractivity contribution in [2.45, 2.75) is 0 Å². The number of nitrogens with one attached hydrogen (secondary N) is 1. The van der Waals surface area contributed by atoms with Crippen LogP contribution in [0.5, 0.6) is 0 Å². The van der Waals surface area contributed by atoms with Gasteiger partial charge in [0.1, 0.15) is 0 Å². The Bertz CT molecular complexity index is 120. The average Bonchev–Trinajstić information content (AvgIpc) is 2.35. The van der Waals surface area contributed by atoms with Gasteiger partial charge in [-0.25, -0.2) is 9.59 Å². The Balaban J connectivity index is 0. The Labute approximate surface area is 78.4 Å². The zero-order chi connectivity index (χ0) is 10.7. The van der Waals surface area contributed by atoms with Gasteiger partial charge in [0.25, 0.3) is 0 Å². The van der Waals surface area contributed by atoms with E-state index in [1.807, 2.05) is 11.8 Å². The van der Waals surface area contributed by atoms with Crippen molar-refractivity contribution >= 4 is 24.1 Å². The predicted octanol–water partition coefficient (Wildman–Crippen LogP) is 0.725. The number of carboxylic acid groups (broad SMARTS) is 4. The van der Waals surface area contributed by atoms with E-state index in [1.54, 1.807) is 0 Å².